The van der Waals surface area contributed by atoms with Crippen LogP contribution in [-0.2, 0) is 4.74 Å². The van der Waals surface area contributed by atoms with Gasteiger partial charge in [0, 0.05) is 54.4 Å². The number of methoxy groups -OCH3 is 3. The maximum absolute atomic E-state index is 5.66. The van der Waals surface area contributed by atoms with Gasteiger partial charge in [0.2, 0.25) is 0 Å². The lowest BCUT2D eigenvalue weighted by Crippen LogP contribution is -2.61. The minimum Gasteiger partial charge on any atom is -0.496 e. The molecule has 8 heteroatoms. The van der Waals surface area contributed by atoms with Crippen molar-refractivity contribution in [3.8, 4) is 22.8 Å². The van der Waals surface area contributed by atoms with Gasteiger partial charge in [-0.2, -0.15) is 0 Å². The van der Waals surface area contributed by atoms with Crippen molar-refractivity contribution < 1.29 is 14.2 Å². The highest BCUT2D eigenvalue weighted by Gasteiger charge is 2.40. The average Bonchev–Trinajstić information content (AvgIpc) is 2.71. The highest BCUT2D eigenvalue weighted by atomic mass is 127. The lowest BCUT2D eigenvalue weighted by atomic mass is 9.95. The summed E-state index contributed by atoms with van der Waals surface area (Å²) in [6.45, 7) is 5.77. The van der Waals surface area contributed by atoms with Crippen LogP contribution in [0.3, 0.4) is 0 Å². The molecule has 3 heterocycles. The molecule has 0 saturated carbocycles. The Morgan fingerprint density at radius 1 is 1.03 bits per heavy atom. The Bertz CT molecular complexity index is 1100. The number of benzene rings is 1. The third kappa shape index (κ3) is 3.70. The Kier molecular flexibility index (Phi) is 6.01. The van der Waals surface area contributed by atoms with Crippen LogP contribution in [0.4, 0.5) is 5.82 Å². The Morgan fingerprint density at radius 3 is 2.37 bits per heavy atom. The van der Waals surface area contributed by atoms with Gasteiger partial charge in [-0.05, 0) is 71.2 Å². The van der Waals surface area contributed by atoms with Crippen molar-refractivity contribution in [2.24, 2.45) is 0 Å². The summed E-state index contributed by atoms with van der Waals surface area (Å²) in [5.41, 5.74) is 2.78. The molecule has 1 aliphatic rings. The maximum atomic E-state index is 5.66. The number of hydrogen-bond donors (Lipinski definition) is 0. The number of rotatable bonds is 5. The molecule has 1 aliphatic heterocycles. The number of aromatic nitrogens is 2. The van der Waals surface area contributed by atoms with Crippen LogP contribution in [0.1, 0.15) is 12.5 Å². The number of nitrogens with zero attached hydrogens (tertiary/aromatic N) is 3. The fourth-order valence-corrected chi connectivity index (χ4v) is 5.39. The largest absolute Gasteiger partial charge is 0.496 e. The zero-order valence-corrected chi connectivity index (χ0v) is 21.9. The number of fused-ring (bicyclic) bond motifs is 1. The summed E-state index contributed by atoms with van der Waals surface area (Å²) >= 11 is 4.57. The van der Waals surface area contributed by atoms with E-state index in [1.807, 2.05) is 12.3 Å². The topological polar surface area (TPSA) is 56.7 Å². The first-order chi connectivity index (χ1) is 14.3. The summed E-state index contributed by atoms with van der Waals surface area (Å²) in [6, 6.07) is 6.11. The summed E-state index contributed by atoms with van der Waals surface area (Å²) in [5.74, 6) is 2.50. The molecular weight excluding hydrogens is 608 g/mol. The SMILES string of the molecule is COc1cc(OC)c(I)c(-c2cc3cnc(I)cc3c(N3CC(C)(OC)C3)n2)c1C. The molecule has 0 unspecified atom stereocenters. The van der Waals surface area contributed by atoms with Gasteiger partial charge < -0.3 is 19.1 Å². The molecule has 0 aliphatic carbocycles. The molecule has 0 spiro atoms. The van der Waals surface area contributed by atoms with Gasteiger partial charge in [-0.15, -0.1) is 0 Å². The highest BCUT2D eigenvalue weighted by molar-refractivity contribution is 14.1. The Hall–Kier alpha value is -1.40. The van der Waals surface area contributed by atoms with E-state index in [9.17, 15) is 0 Å². The lowest BCUT2D eigenvalue weighted by molar-refractivity contribution is -0.0169. The van der Waals surface area contributed by atoms with Crippen LogP contribution in [0, 0.1) is 14.2 Å². The number of pyridine rings is 2. The molecule has 0 bridgehead atoms. The summed E-state index contributed by atoms with van der Waals surface area (Å²) in [5, 5.41) is 2.15. The van der Waals surface area contributed by atoms with E-state index in [-0.39, 0.29) is 5.60 Å². The predicted octanol–water partition coefficient (Wildman–Crippen LogP) is 5.06. The molecule has 1 saturated heterocycles. The normalized spacial score (nSPS) is 15.2. The van der Waals surface area contributed by atoms with Crippen molar-refractivity contribution in [1.29, 1.82) is 0 Å². The van der Waals surface area contributed by atoms with E-state index in [4.69, 9.17) is 19.2 Å². The van der Waals surface area contributed by atoms with E-state index in [2.05, 4.69) is 81.0 Å². The van der Waals surface area contributed by atoms with Crippen LogP contribution in [0.5, 0.6) is 11.5 Å². The van der Waals surface area contributed by atoms with E-state index >= 15 is 0 Å². The molecule has 4 rings (SSSR count). The molecule has 0 atom stereocenters. The van der Waals surface area contributed by atoms with Gasteiger partial charge in [0.1, 0.15) is 21.0 Å². The maximum Gasteiger partial charge on any atom is 0.137 e. The van der Waals surface area contributed by atoms with Crippen molar-refractivity contribution >= 4 is 61.8 Å². The predicted molar refractivity (Wildman–Crippen MR) is 136 cm³/mol. The van der Waals surface area contributed by atoms with Gasteiger partial charge in [-0.3, -0.25) is 0 Å². The standard InChI is InChI=1S/C22H23I2N3O3/c1-12-16(28-3)8-17(29-4)20(24)19(12)15-6-13-9-25-18(23)7-14(13)21(26-15)27-10-22(2,11-27)30-5/h6-9H,10-11H2,1-5H3. The summed E-state index contributed by atoms with van der Waals surface area (Å²) in [4.78, 5) is 11.9. The molecule has 158 valence electrons. The van der Waals surface area contributed by atoms with Gasteiger partial charge in [-0.25, -0.2) is 9.97 Å². The molecule has 6 nitrogen and oxygen atoms in total. The molecule has 0 N–H and O–H groups in total. The van der Waals surface area contributed by atoms with E-state index in [1.54, 1.807) is 21.3 Å². The molecule has 0 radical (unpaired) electrons. The zero-order valence-electron chi connectivity index (χ0n) is 17.5. The molecule has 1 fully saturated rings. The zero-order chi connectivity index (χ0) is 21.6. The summed E-state index contributed by atoms with van der Waals surface area (Å²) < 4.78 is 18.8. The second-order valence-corrected chi connectivity index (χ2v) is 9.85. The lowest BCUT2D eigenvalue weighted by Gasteiger charge is -2.47. The smallest absolute Gasteiger partial charge is 0.137 e. The van der Waals surface area contributed by atoms with Gasteiger partial charge in [0.05, 0.1) is 29.1 Å². The van der Waals surface area contributed by atoms with Crippen molar-refractivity contribution in [2.45, 2.75) is 19.4 Å². The van der Waals surface area contributed by atoms with Crippen LogP contribution in [0.25, 0.3) is 22.0 Å². The van der Waals surface area contributed by atoms with E-state index in [1.165, 1.54) is 0 Å². The third-order valence-electron chi connectivity index (χ3n) is 5.64. The van der Waals surface area contributed by atoms with Crippen LogP contribution in [-0.4, -0.2) is 50.0 Å². The van der Waals surface area contributed by atoms with E-state index in [0.29, 0.717) is 0 Å². The molecule has 3 aromatic rings. The Labute approximate surface area is 203 Å². The van der Waals surface area contributed by atoms with Crippen molar-refractivity contribution in [1.82, 2.24) is 9.97 Å². The molecule has 0 amide bonds. The van der Waals surface area contributed by atoms with Crippen molar-refractivity contribution in [2.75, 3.05) is 39.3 Å². The van der Waals surface area contributed by atoms with Crippen molar-refractivity contribution in [3.63, 3.8) is 0 Å². The first-order valence-electron chi connectivity index (χ1n) is 9.48. The molecule has 30 heavy (non-hydrogen) atoms. The van der Waals surface area contributed by atoms with Gasteiger partial charge in [0.25, 0.3) is 0 Å². The number of anilines is 1. The van der Waals surface area contributed by atoms with Crippen LogP contribution in [0.15, 0.2) is 24.4 Å². The molecular formula is C22H23I2N3O3. The number of ether oxygens (including phenoxy) is 3. The summed E-state index contributed by atoms with van der Waals surface area (Å²) in [6.07, 6.45) is 1.92. The summed E-state index contributed by atoms with van der Waals surface area (Å²) in [7, 11) is 5.11. The van der Waals surface area contributed by atoms with Crippen molar-refractivity contribution in [3.05, 3.63) is 37.2 Å². The van der Waals surface area contributed by atoms with Crippen LogP contribution < -0.4 is 14.4 Å². The van der Waals surface area contributed by atoms with Gasteiger partial charge in [0.15, 0.2) is 0 Å². The fourth-order valence-electron chi connectivity index (χ4n) is 3.88. The second-order valence-electron chi connectivity index (χ2n) is 7.66. The van der Waals surface area contributed by atoms with E-state index in [0.717, 1.165) is 65.3 Å². The van der Waals surface area contributed by atoms with Crippen LogP contribution >= 0.6 is 45.2 Å². The fraction of sp³-hybridized carbons (Fsp3) is 0.364. The molecule has 2 aromatic heterocycles. The Balaban J connectivity index is 1.95. The number of halogens is 2. The molecule has 1 aromatic carbocycles. The van der Waals surface area contributed by atoms with Gasteiger partial charge >= 0.3 is 0 Å². The second kappa shape index (κ2) is 8.27. The average molecular weight is 631 g/mol. The minimum absolute atomic E-state index is 0.145. The quantitative estimate of drug-likeness (QED) is 0.290. The first kappa shape index (κ1) is 21.8. The van der Waals surface area contributed by atoms with E-state index < -0.39 is 0 Å². The highest BCUT2D eigenvalue weighted by Crippen LogP contribution is 2.42. The minimum atomic E-state index is -0.145. The first-order valence-corrected chi connectivity index (χ1v) is 11.6. The van der Waals surface area contributed by atoms with Gasteiger partial charge in [-0.1, -0.05) is 0 Å². The monoisotopic (exact) mass is 631 g/mol. The Morgan fingerprint density at radius 2 is 1.73 bits per heavy atom. The number of hydrogen-bond acceptors (Lipinski definition) is 6. The van der Waals surface area contributed by atoms with Crippen LogP contribution in [0.2, 0.25) is 0 Å². The third-order valence-corrected chi connectivity index (χ3v) is 7.30.